The van der Waals surface area contributed by atoms with Gasteiger partial charge in [0.2, 0.25) is 0 Å². The summed E-state index contributed by atoms with van der Waals surface area (Å²) in [6, 6.07) is 17.8. The van der Waals surface area contributed by atoms with E-state index in [0.29, 0.717) is 19.0 Å². The number of carbonyl (C=O) groups is 1. The molecule has 1 N–H and O–H groups in total. The normalized spacial score (nSPS) is 17.0. The van der Waals surface area contributed by atoms with E-state index in [9.17, 15) is 9.90 Å². The summed E-state index contributed by atoms with van der Waals surface area (Å²) in [5.41, 5.74) is 2.17. The van der Waals surface area contributed by atoms with Crippen molar-refractivity contribution in [3.63, 3.8) is 0 Å². The first-order valence-electron chi connectivity index (χ1n) is 9.93. The van der Waals surface area contributed by atoms with Gasteiger partial charge in [0.25, 0.3) is 5.91 Å². The summed E-state index contributed by atoms with van der Waals surface area (Å²) in [6.07, 6.45) is 4.38. The highest BCUT2D eigenvalue weighted by Gasteiger charge is 2.26. The lowest BCUT2D eigenvalue weighted by Gasteiger charge is -2.19. The van der Waals surface area contributed by atoms with Crippen molar-refractivity contribution in [3.05, 3.63) is 72.1 Å². The van der Waals surface area contributed by atoms with Crippen molar-refractivity contribution in [3.8, 4) is 17.2 Å². The molecule has 4 rings (SSSR count). The maximum Gasteiger partial charge on any atom is 0.278 e. The van der Waals surface area contributed by atoms with E-state index in [1.165, 1.54) is 16.4 Å². The molecule has 0 bridgehead atoms. The van der Waals surface area contributed by atoms with E-state index in [4.69, 9.17) is 4.74 Å². The smallest absolute Gasteiger partial charge is 0.278 e. The SMILES string of the molecule is COc1ccc(-n2cc(O)c(C(=O)N3CCCC(c4ccccc4)CC3)n2)cc1. The average molecular weight is 391 g/mol. The maximum atomic E-state index is 13.0. The summed E-state index contributed by atoms with van der Waals surface area (Å²) < 4.78 is 6.68. The van der Waals surface area contributed by atoms with Crippen LogP contribution in [0.25, 0.3) is 5.69 Å². The number of carbonyl (C=O) groups excluding carboxylic acids is 1. The topological polar surface area (TPSA) is 67.6 Å². The van der Waals surface area contributed by atoms with Gasteiger partial charge in [-0.25, -0.2) is 4.68 Å². The summed E-state index contributed by atoms with van der Waals surface area (Å²) >= 11 is 0. The van der Waals surface area contributed by atoms with Gasteiger partial charge in [0.05, 0.1) is 19.0 Å². The van der Waals surface area contributed by atoms with E-state index in [2.05, 4.69) is 29.4 Å². The fourth-order valence-electron chi connectivity index (χ4n) is 3.89. The zero-order valence-electron chi connectivity index (χ0n) is 16.5. The van der Waals surface area contributed by atoms with Crippen molar-refractivity contribution in [2.24, 2.45) is 0 Å². The molecule has 1 amide bonds. The van der Waals surface area contributed by atoms with Crippen LogP contribution in [-0.2, 0) is 0 Å². The van der Waals surface area contributed by atoms with Gasteiger partial charge in [-0.15, -0.1) is 0 Å². The van der Waals surface area contributed by atoms with Crippen LogP contribution < -0.4 is 4.74 Å². The van der Waals surface area contributed by atoms with Gasteiger partial charge in [0, 0.05) is 13.1 Å². The van der Waals surface area contributed by atoms with Crippen LogP contribution in [0.4, 0.5) is 0 Å². The minimum absolute atomic E-state index is 0.0963. The number of aromatic nitrogens is 2. The highest BCUT2D eigenvalue weighted by Crippen LogP contribution is 2.29. The van der Waals surface area contributed by atoms with E-state index in [0.717, 1.165) is 30.7 Å². The van der Waals surface area contributed by atoms with E-state index >= 15 is 0 Å². The lowest BCUT2D eigenvalue weighted by atomic mass is 9.92. The summed E-state index contributed by atoms with van der Waals surface area (Å²) in [6.45, 7) is 1.34. The van der Waals surface area contributed by atoms with Crippen molar-refractivity contribution < 1.29 is 14.6 Å². The number of nitrogens with zero attached hydrogens (tertiary/aromatic N) is 3. The van der Waals surface area contributed by atoms with Gasteiger partial charge in [-0.1, -0.05) is 30.3 Å². The Morgan fingerprint density at radius 3 is 2.55 bits per heavy atom. The molecule has 150 valence electrons. The number of hydrogen-bond acceptors (Lipinski definition) is 4. The molecule has 1 aliphatic rings. The number of methoxy groups -OCH3 is 1. The van der Waals surface area contributed by atoms with Crippen LogP contribution in [-0.4, -0.2) is 45.9 Å². The standard InChI is InChI=1S/C23H25N3O3/c1-29-20-11-9-19(10-12-20)26-16-21(27)22(24-26)23(28)25-14-5-8-18(13-15-25)17-6-3-2-4-7-17/h2-4,6-7,9-12,16,18,27H,5,8,13-15H2,1H3. The van der Waals surface area contributed by atoms with Crippen LogP contribution in [0, 0.1) is 0 Å². The van der Waals surface area contributed by atoms with Crippen LogP contribution in [0.2, 0.25) is 0 Å². The van der Waals surface area contributed by atoms with Crippen molar-refractivity contribution in [1.82, 2.24) is 14.7 Å². The Morgan fingerprint density at radius 2 is 1.83 bits per heavy atom. The van der Waals surface area contributed by atoms with Crippen LogP contribution in [0.5, 0.6) is 11.5 Å². The van der Waals surface area contributed by atoms with Gasteiger partial charge >= 0.3 is 0 Å². The Balaban J connectivity index is 1.48. The van der Waals surface area contributed by atoms with Gasteiger partial charge in [0.15, 0.2) is 11.4 Å². The molecule has 1 unspecified atom stereocenters. The lowest BCUT2D eigenvalue weighted by Crippen LogP contribution is -2.32. The van der Waals surface area contributed by atoms with E-state index in [-0.39, 0.29) is 17.4 Å². The molecule has 2 heterocycles. The summed E-state index contributed by atoms with van der Waals surface area (Å²) in [7, 11) is 1.61. The molecule has 1 saturated heterocycles. The molecule has 29 heavy (non-hydrogen) atoms. The monoisotopic (exact) mass is 391 g/mol. The third-order valence-corrected chi connectivity index (χ3v) is 5.52. The molecular weight excluding hydrogens is 366 g/mol. The fraction of sp³-hybridized carbons (Fsp3) is 0.304. The van der Waals surface area contributed by atoms with Crippen molar-refractivity contribution >= 4 is 5.91 Å². The Bertz CT molecular complexity index is 967. The van der Waals surface area contributed by atoms with Crippen LogP contribution in [0.15, 0.2) is 60.8 Å². The number of rotatable bonds is 4. The molecule has 0 aliphatic carbocycles. The highest BCUT2D eigenvalue weighted by molar-refractivity contribution is 5.94. The second-order valence-corrected chi connectivity index (χ2v) is 7.34. The lowest BCUT2D eigenvalue weighted by molar-refractivity contribution is 0.0751. The Labute approximate surface area is 170 Å². The largest absolute Gasteiger partial charge is 0.504 e. The first-order valence-corrected chi connectivity index (χ1v) is 9.93. The molecule has 1 fully saturated rings. The molecule has 3 aromatic rings. The van der Waals surface area contributed by atoms with Gasteiger partial charge < -0.3 is 14.7 Å². The molecule has 2 aromatic carbocycles. The highest BCUT2D eigenvalue weighted by atomic mass is 16.5. The zero-order valence-corrected chi connectivity index (χ0v) is 16.5. The molecule has 6 heteroatoms. The predicted molar refractivity (Wildman–Crippen MR) is 111 cm³/mol. The van der Waals surface area contributed by atoms with Crippen LogP contribution in [0.3, 0.4) is 0 Å². The first-order chi connectivity index (χ1) is 14.2. The molecule has 6 nitrogen and oxygen atoms in total. The van der Waals surface area contributed by atoms with E-state index in [1.54, 1.807) is 7.11 Å². The number of aromatic hydroxyl groups is 1. The van der Waals surface area contributed by atoms with E-state index in [1.807, 2.05) is 35.2 Å². The molecule has 1 aliphatic heterocycles. The summed E-state index contributed by atoms with van der Waals surface area (Å²) in [5.74, 6) is 0.872. The average Bonchev–Trinajstić information content (AvgIpc) is 2.99. The molecule has 0 saturated carbocycles. The van der Waals surface area contributed by atoms with Crippen LogP contribution in [0.1, 0.15) is 41.2 Å². The second-order valence-electron chi connectivity index (χ2n) is 7.34. The van der Waals surface area contributed by atoms with Crippen LogP contribution >= 0.6 is 0 Å². The summed E-state index contributed by atoms with van der Waals surface area (Å²) in [4.78, 5) is 14.8. The second kappa shape index (κ2) is 8.39. The number of amides is 1. The van der Waals surface area contributed by atoms with Crippen molar-refractivity contribution in [1.29, 1.82) is 0 Å². The zero-order chi connectivity index (χ0) is 20.2. The van der Waals surface area contributed by atoms with Crippen molar-refractivity contribution in [2.45, 2.75) is 25.2 Å². The molecule has 1 aromatic heterocycles. The number of ether oxygens (including phenoxy) is 1. The minimum atomic E-state index is -0.219. The summed E-state index contributed by atoms with van der Waals surface area (Å²) in [5, 5.41) is 14.7. The minimum Gasteiger partial charge on any atom is -0.504 e. The van der Waals surface area contributed by atoms with Gasteiger partial charge in [-0.3, -0.25) is 4.79 Å². The third-order valence-electron chi connectivity index (χ3n) is 5.52. The number of hydrogen-bond donors (Lipinski definition) is 1. The Hall–Kier alpha value is -3.28. The molecular formula is C23H25N3O3. The first kappa shape index (κ1) is 19.1. The van der Waals surface area contributed by atoms with Gasteiger partial charge in [-0.05, 0) is 55.0 Å². The predicted octanol–water partition coefficient (Wildman–Crippen LogP) is 4.00. The Kier molecular flexibility index (Phi) is 5.51. The fourth-order valence-corrected chi connectivity index (χ4v) is 3.89. The molecule has 0 radical (unpaired) electrons. The molecule has 1 atom stereocenters. The van der Waals surface area contributed by atoms with Gasteiger partial charge in [-0.2, -0.15) is 5.10 Å². The maximum absolute atomic E-state index is 13.0. The quantitative estimate of drug-likeness (QED) is 0.730. The van der Waals surface area contributed by atoms with Gasteiger partial charge in [0.1, 0.15) is 5.75 Å². The third kappa shape index (κ3) is 4.11. The Morgan fingerprint density at radius 1 is 1.07 bits per heavy atom. The van der Waals surface area contributed by atoms with E-state index < -0.39 is 0 Å². The molecule has 0 spiro atoms. The van der Waals surface area contributed by atoms with Crippen molar-refractivity contribution in [2.75, 3.05) is 20.2 Å². The number of likely N-dealkylation sites (tertiary alicyclic amines) is 1. The number of benzene rings is 2.